The Bertz CT molecular complexity index is 1410. The Morgan fingerprint density at radius 2 is 1.46 bits per heavy atom. The minimum Gasteiger partial charge on any atom is -0.507 e. The third-order valence-electron chi connectivity index (χ3n) is 5.63. The number of aromatic hydroxyl groups is 2. The molecule has 0 unspecified atom stereocenters. The average Bonchev–Trinajstić information content (AvgIpc) is 2.76. The molecule has 186 valence electrons. The van der Waals surface area contributed by atoms with Gasteiger partial charge in [-0.1, -0.05) is 37.1 Å². The van der Waals surface area contributed by atoms with E-state index in [4.69, 9.17) is 13.9 Å². The van der Waals surface area contributed by atoms with E-state index < -0.39 is 17.3 Å². The molecule has 2 N–H and O–H groups in total. The largest absolute Gasteiger partial charge is 0.507 e. The van der Waals surface area contributed by atoms with Crippen LogP contribution < -0.4 is 14.9 Å². The highest BCUT2D eigenvalue weighted by atomic mass is 16.5. The zero-order chi connectivity index (χ0) is 26.0. The fraction of sp³-hybridized carbons (Fsp3) is 0.357. The van der Waals surface area contributed by atoms with Gasteiger partial charge in [-0.2, -0.15) is 0 Å². The van der Waals surface area contributed by atoms with E-state index >= 15 is 0 Å². The standard InChI is InChI=1S/C28H32O7/c1-14(2)8-10-17-19(29)12-22-24(27(17)35-28(32)16(5)6)25(31)23-18(11-9-15(3)4)26(33-7)20(30)13-21(23)34-22/h8-9,12-13,16,29-30H,10-11H2,1-7H3. The number of hydrogen-bond donors (Lipinski definition) is 2. The maximum Gasteiger partial charge on any atom is 0.313 e. The van der Waals surface area contributed by atoms with Crippen LogP contribution in [0.25, 0.3) is 21.9 Å². The van der Waals surface area contributed by atoms with Gasteiger partial charge in [0.25, 0.3) is 0 Å². The van der Waals surface area contributed by atoms with E-state index in [-0.39, 0.29) is 51.4 Å². The van der Waals surface area contributed by atoms with E-state index in [1.54, 1.807) is 13.8 Å². The van der Waals surface area contributed by atoms with Crippen molar-refractivity contribution in [1.29, 1.82) is 0 Å². The van der Waals surface area contributed by atoms with Crippen molar-refractivity contribution in [2.75, 3.05) is 7.11 Å². The molecule has 2 aromatic carbocycles. The van der Waals surface area contributed by atoms with Gasteiger partial charge in [0.15, 0.2) is 17.2 Å². The molecule has 0 bridgehead atoms. The topological polar surface area (TPSA) is 106 Å². The number of methoxy groups -OCH3 is 1. The number of rotatable bonds is 7. The number of phenols is 2. The highest BCUT2D eigenvalue weighted by Gasteiger charge is 2.26. The van der Waals surface area contributed by atoms with Gasteiger partial charge in [-0.05, 0) is 40.5 Å². The smallest absolute Gasteiger partial charge is 0.313 e. The van der Waals surface area contributed by atoms with E-state index in [9.17, 15) is 19.8 Å². The lowest BCUT2D eigenvalue weighted by atomic mass is 9.98. The van der Waals surface area contributed by atoms with Crippen LogP contribution in [0.2, 0.25) is 0 Å². The van der Waals surface area contributed by atoms with Crippen molar-refractivity contribution in [2.24, 2.45) is 5.92 Å². The summed E-state index contributed by atoms with van der Waals surface area (Å²) >= 11 is 0. The number of hydrogen-bond acceptors (Lipinski definition) is 7. The molecule has 3 rings (SSSR count). The van der Waals surface area contributed by atoms with Crippen LogP contribution in [-0.2, 0) is 17.6 Å². The molecule has 0 saturated carbocycles. The number of ether oxygens (including phenoxy) is 2. The molecule has 7 nitrogen and oxygen atoms in total. The molecule has 0 amide bonds. The van der Waals surface area contributed by atoms with E-state index in [1.165, 1.54) is 19.2 Å². The van der Waals surface area contributed by atoms with Crippen molar-refractivity contribution in [3.8, 4) is 23.0 Å². The maximum absolute atomic E-state index is 14.0. The molecule has 3 aromatic rings. The molecule has 0 aliphatic carbocycles. The molecule has 1 aromatic heterocycles. The number of carbonyl (C=O) groups is 1. The maximum atomic E-state index is 14.0. The summed E-state index contributed by atoms with van der Waals surface area (Å²) < 4.78 is 17.1. The number of phenolic OH excluding ortho intramolecular Hbond substituents is 2. The van der Waals surface area contributed by atoms with Crippen LogP contribution in [-0.4, -0.2) is 23.3 Å². The fourth-order valence-electron chi connectivity index (χ4n) is 3.77. The molecule has 0 aliphatic rings. The van der Waals surface area contributed by atoms with E-state index in [0.717, 1.165) is 11.1 Å². The molecule has 0 spiro atoms. The van der Waals surface area contributed by atoms with Crippen LogP contribution in [0.4, 0.5) is 0 Å². The SMILES string of the molecule is COc1c(O)cc2oc3cc(O)c(CC=C(C)C)c(OC(=O)C(C)C)c3c(=O)c2c1CC=C(C)C. The van der Waals surface area contributed by atoms with Crippen molar-refractivity contribution >= 4 is 27.9 Å². The zero-order valence-corrected chi connectivity index (χ0v) is 21.2. The van der Waals surface area contributed by atoms with Crippen molar-refractivity contribution in [2.45, 2.75) is 54.4 Å². The van der Waals surface area contributed by atoms with Gasteiger partial charge in [0.05, 0.1) is 18.4 Å². The van der Waals surface area contributed by atoms with Gasteiger partial charge in [-0.25, -0.2) is 0 Å². The van der Waals surface area contributed by atoms with Crippen LogP contribution in [0, 0.1) is 5.92 Å². The van der Waals surface area contributed by atoms with Crippen molar-refractivity contribution in [3.63, 3.8) is 0 Å². The van der Waals surface area contributed by atoms with E-state index in [1.807, 2.05) is 39.8 Å². The molecular formula is C28H32O7. The second-order valence-corrected chi connectivity index (χ2v) is 9.34. The fourth-order valence-corrected chi connectivity index (χ4v) is 3.77. The van der Waals surface area contributed by atoms with Crippen LogP contribution in [0.1, 0.15) is 52.7 Å². The van der Waals surface area contributed by atoms with Gasteiger partial charge in [0, 0.05) is 23.3 Å². The summed E-state index contributed by atoms with van der Waals surface area (Å²) in [6, 6.07) is 2.66. The van der Waals surface area contributed by atoms with Crippen LogP contribution in [0.3, 0.4) is 0 Å². The quantitative estimate of drug-likeness (QED) is 0.186. The summed E-state index contributed by atoms with van der Waals surface area (Å²) in [5.41, 5.74) is 2.53. The predicted octanol–water partition coefficient (Wildman–Crippen LogP) is 5.94. The molecule has 35 heavy (non-hydrogen) atoms. The number of allylic oxidation sites excluding steroid dienone is 4. The molecule has 0 fully saturated rings. The normalized spacial score (nSPS) is 11.1. The van der Waals surface area contributed by atoms with Crippen molar-refractivity contribution in [1.82, 2.24) is 0 Å². The van der Waals surface area contributed by atoms with Crippen LogP contribution in [0.5, 0.6) is 23.0 Å². The second-order valence-electron chi connectivity index (χ2n) is 9.34. The van der Waals surface area contributed by atoms with Gasteiger partial charge < -0.3 is 24.1 Å². The number of carbonyl (C=O) groups excluding carboxylic acids is 1. The third-order valence-corrected chi connectivity index (χ3v) is 5.63. The Labute approximate surface area is 204 Å². The van der Waals surface area contributed by atoms with Crippen LogP contribution in [0.15, 0.2) is 44.6 Å². The Balaban J connectivity index is 2.52. The van der Waals surface area contributed by atoms with E-state index in [2.05, 4.69) is 0 Å². The highest BCUT2D eigenvalue weighted by Crippen LogP contribution is 2.41. The summed E-state index contributed by atoms with van der Waals surface area (Å²) in [5.74, 6) is -1.18. The van der Waals surface area contributed by atoms with Gasteiger partial charge in [0.1, 0.15) is 22.3 Å². The third kappa shape index (κ3) is 5.19. The Kier molecular flexibility index (Phi) is 7.58. The van der Waals surface area contributed by atoms with Gasteiger partial charge in [-0.3, -0.25) is 9.59 Å². The summed E-state index contributed by atoms with van der Waals surface area (Å²) in [4.78, 5) is 26.6. The Morgan fingerprint density at radius 3 is 2.00 bits per heavy atom. The summed E-state index contributed by atoms with van der Waals surface area (Å²) in [5, 5.41) is 21.6. The minimum absolute atomic E-state index is 0.0212. The summed E-state index contributed by atoms with van der Waals surface area (Å²) in [6.07, 6.45) is 4.36. The molecule has 0 saturated heterocycles. The first-order valence-corrected chi connectivity index (χ1v) is 11.5. The first-order chi connectivity index (χ1) is 16.5. The molecular weight excluding hydrogens is 448 g/mol. The average molecular weight is 481 g/mol. The summed E-state index contributed by atoms with van der Waals surface area (Å²) in [7, 11) is 1.42. The molecule has 0 radical (unpaired) electrons. The first kappa shape index (κ1) is 25.9. The monoisotopic (exact) mass is 480 g/mol. The van der Waals surface area contributed by atoms with Crippen LogP contribution >= 0.6 is 0 Å². The van der Waals surface area contributed by atoms with E-state index in [0.29, 0.717) is 17.5 Å². The zero-order valence-electron chi connectivity index (χ0n) is 21.2. The lowest BCUT2D eigenvalue weighted by Gasteiger charge is -2.17. The molecule has 0 atom stereocenters. The van der Waals surface area contributed by atoms with Gasteiger partial charge >= 0.3 is 5.97 Å². The lowest BCUT2D eigenvalue weighted by Crippen LogP contribution is -2.18. The molecule has 7 heteroatoms. The molecule has 1 heterocycles. The number of esters is 1. The minimum atomic E-state index is -0.539. The van der Waals surface area contributed by atoms with Gasteiger partial charge in [0.2, 0.25) is 5.43 Å². The predicted molar refractivity (Wildman–Crippen MR) is 137 cm³/mol. The number of fused-ring (bicyclic) bond motifs is 2. The number of benzene rings is 2. The molecule has 0 aliphatic heterocycles. The highest BCUT2D eigenvalue weighted by molar-refractivity contribution is 5.99. The van der Waals surface area contributed by atoms with Gasteiger partial charge in [-0.15, -0.1) is 0 Å². The Hall–Kier alpha value is -3.74. The Morgan fingerprint density at radius 1 is 0.914 bits per heavy atom. The lowest BCUT2D eigenvalue weighted by molar-refractivity contribution is -0.137. The van der Waals surface area contributed by atoms with Crippen molar-refractivity contribution < 1.29 is 28.9 Å². The first-order valence-electron chi connectivity index (χ1n) is 11.5. The summed E-state index contributed by atoms with van der Waals surface area (Å²) in [6.45, 7) is 11.1. The second kappa shape index (κ2) is 10.3. The van der Waals surface area contributed by atoms with Crippen molar-refractivity contribution in [3.05, 3.63) is 56.8 Å².